The summed E-state index contributed by atoms with van der Waals surface area (Å²) in [7, 11) is 0. The number of hydrogen-bond donors (Lipinski definition) is 1. The van der Waals surface area contributed by atoms with Crippen LogP contribution in [0.15, 0.2) is 18.2 Å². The van der Waals surface area contributed by atoms with Crippen molar-refractivity contribution in [3.05, 3.63) is 29.3 Å². The van der Waals surface area contributed by atoms with Crippen LogP contribution in [0.1, 0.15) is 11.1 Å². The Morgan fingerprint density at radius 3 is 2.43 bits per heavy atom. The van der Waals surface area contributed by atoms with Gasteiger partial charge in [0.05, 0.1) is 0 Å². The van der Waals surface area contributed by atoms with Gasteiger partial charge < -0.3 is 5.73 Å². The lowest BCUT2D eigenvalue weighted by Crippen LogP contribution is -2.01. The van der Waals surface area contributed by atoms with E-state index in [1.54, 1.807) is 6.92 Å². The van der Waals surface area contributed by atoms with Crippen molar-refractivity contribution in [3.8, 4) is 11.8 Å². The molecule has 0 aliphatic heterocycles. The van der Waals surface area contributed by atoms with E-state index in [1.165, 1.54) is 24.1 Å². The van der Waals surface area contributed by atoms with Crippen molar-refractivity contribution in [3.63, 3.8) is 0 Å². The van der Waals surface area contributed by atoms with Crippen LogP contribution in [-0.4, -0.2) is 6.18 Å². The predicted molar refractivity (Wildman–Crippen MR) is 48.5 cm³/mol. The Morgan fingerprint density at radius 2 is 1.93 bits per heavy atom. The number of aryl methyl sites for hydroxylation is 1. The number of rotatable bonds is 0. The number of alkyl halides is 3. The van der Waals surface area contributed by atoms with Crippen LogP contribution in [0, 0.1) is 18.8 Å². The van der Waals surface area contributed by atoms with E-state index in [1.807, 2.05) is 5.92 Å². The highest BCUT2D eigenvalue weighted by Crippen LogP contribution is 2.14. The molecule has 0 spiro atoms. The summed E-state index contributed by atoms with van der Waals surface area (Å²) in [6, 6.07) is 4.52. The SMILES string of the molecule is Cc1cc(C#CC(F)(F)F)ccc1N. The molecule has 4 heteroatoms. The van der Waals surface area contributed by atoms with Crippen molar-refractivity contribution in [2.45, 2.75) is 13.1 Å². The first-order valence-corrected chi connectivity index (χ1v) is 3.84. The first-order valence-electron chi connectivity index (χ1n) is 3.84. The van der Waals surface area contributed by atoms with Crippen molar-refractivity contribution in [2.75, 3.05) is 5.73 Å². The molecule has 1 rings (SSSR count). The van der Waals surface area contributed by atoms with Gasteiger partial charge in [-0.1, -0.05) is 5.92 Å². The molecule has 2 N–H and O–H groups in total. The molecule has 0 amide bonds. The molecule has 0 saturated carbocycles. The zero-order chi connectivity index (χ0) is 10.8. The average Bonchev–Trinajstić information content (AvgIpc) is 2.06. The molecule has 14 heavy (non-hydrogen) atoms. The van der Waals surface area contributed by atoms with Crippen LogP contribution in [0.25, 0.3) is 0 Å². The highest BCUT2D eigenvalue weighted by atomic mass is 19.4. The fraction of sp³-hybridized carbons (Fsp3) is 0.200. The molecule has 0 atom stereocenters. The first kappa shape index (κ1) is 10.5. The molecule has 0 radical (unpaired) electrons. The highest BCUT2D eigenvalue weighted by molar-refractivity contribution is 5.51. The van der Waals surface area contributed by atoms with Crippen LogP contribution in [0.4, 0.5) is 18.9 Å². The summed E-state index contributed by atoms with van der Waals surface area (Å²) in [6.45, 7) is 1.72. The Labute approximate surface area is 79.7 Å². The van der Waals surface area contributed by atoms with Gasteiger partial charge in [0, 0.05) is 17.2 Å². The van der Waals surface area contributed by atoms with E-state index in [4.69, 9.17) is 5.73 Å². The second-order valence-corrected chi connectivity index (χ2v) is 2.82. The van der Waals surface area contributed by atoms with E-state index < -0.39 is 6.18 Å². The fourth-order valence-corrected chi connectivity index (χ4v) is 0.896. The fourth-order valence-electron chi connectivity index (χ4n) is 0.896. The van der Waals surface area contributed by atoms with E-state index in [-0.39, 0.29) is 0 Å². The lowest BCUT2D eigenvalue weighted by Gasteiger charge is -1.99. The van der Waals surface area contributed by atoms with Crippen molar-refractivity contribution in [1.29, 1.82) is 0 Å². The van der Waals surface area contributed by atoms with Crippen molar-refractivity contribution in [2.24, 2.45) is 0 Å². The standard InChI is InChI=1S/C10H8F3N/c1-7-6-8(2-3-9(7)14)4-5-10(11,12)13/h2-3,6H,14H2,1H3. The maximum absolute atomic E-state index is 11.7. The summed E-state index contributed by atoms with van der Waals surface area (Å²) in [5, 5.41) is 0. The number of hydrogen-bond acceptors (Lipinski definition) is 1. The van der Waals surface area contributed by atoms with Crippen LogP contribution >= 0.6 is 0 Å². The molecule has 0 aliphatic carbocycles. The number of anilines is 1. The minimum atomic E-state index is -4.45. The van der Waals surface area contributed by atoms with Crippen molar-refractivity contribution >= 4 is 5.69 Å². The first-order chi connectivity index (χ1) is 6.38. The van der Waals surface area contributed by atoms with E-state index in [0.29, 0.717) is 11.3 Å². The molecule has 74 valence electrons. The number of nitrogens with two attached hydrogens (primary N) is 1. The normalized spacial score (nSPS) is 10.6. The molecule has 0 aromatic heterocycles. The van der Waals surface area contributed by atoms with Gasteiger partial charge in [0.2, 0.25) is 0 Å². The predicted octanol–water partition coefficient (Wildman–Crippen LogP) is 2.49. The average molecular weight is 199 g/mol. The molecule has 1 aromatic rings. The third-order valence-electron chi connectivity index (χ3n) is 1.62. The van der Waals surface area contributed by atoms with Gasteiger partial charge in [-0.3, -0.25) is 0 Å². The Morgan fingerprint density at radius 1 is 1.29 bits per heavy atom. The smallest absolute Gasteiger partial charge is 0.399 e. The summed E-state index contributed by atoms with van der Waals surface area (Å²) in [4.78, 5) is 0. The second-order valence-electron chi connectivity index (χ2n) is 2.82. The lowest BCUT2D eigenvalue weighted by atomic mass is 10.1. The quantitative estimate of drug-likeness (QED) is 0.504. The van der Waals surface area contributed by atoms with Crippen molar-refractivity contribution in [1.82, 2.24) is 0 Å². The van der Waals surface area contributed by atoms with Crippen LogP contribution in [0.3, 0.4) is 0 Å². The summed E-state index contributed by atoms with van der Waals surface area (Å²) in [5.74, 6) is 3.22. The summed E-state index contributed by atoms with van der Waals surface area (Å²) in [5.41, 5.74) is 7.08. The van der Waals surface area contributed by atoms with Crippen LogP contribution in [-0.2, 0) is 0 Å². The van der Waals surface area contributed by atoms with E-state index in [9.17, 15) is 13.2 Å². The maximum atomic E-state index is 11.7. The molecule has 1 aromatic carbocycles. The van der Waals surface area contributed by atoms with Gasteiger partial charge in [-0.25, -0.2) is 0 Å². The largest absolute Gasteiger partial charge is 0.458 e. The Hall–Kier alpha value is -1.63. The molecule has 0 saturated heterocycles. The van der Waals surface area contributed by atoms with E-state index in [2.05, 4.69) is 0 Å². The minimum absolute atomic E-state index is 0.314. The van der Waals surface area contributed by atoms with Crippen LogP contribution in [0.5, 0.6) is 0 Å². The molecular formula is C10H8F3N. The lowest BCUT2D eigenvalue weighted by molar-refractivity contribution is -0.0696. The monoisotopic (exact) mass is 199 g/mol. The third-order valence-corrected chi connectivity index (χ3v) is 1.62. The molecule has 0 heterocycles. The van der Waals surface area contributed by atoms with Crippen molar-refractivity contribution < 1.29 is 13.2 Å². The summed E-state index contributed by atoms with van der Waals surface area (Å²) in [6.07, 6.45) is -4.45. The summed E-state index contributed by atoms with van der Waals surface area (Å²) < 4.78 is 35.2. The molecule has 0 fully saturated rings. The number of nitrogen functional groups attached to an aromatic ring is 1. The van der Waals surface area contributed by atoms with E-state index in [0.717, 1.165) is 5.56 Å². The Balaban J connectivity index is 2.98. The van der Waals surface area contributed by atoms with Crippen LogP contribution in [0.2, 0.25) is 0 Å². The molecule has 0 bridgehead atoms. The third kappa shape index (κ3) is 3.02. The Kier molecular flexibility index (Phi) is 2.70. The van der Waals surface area contributed by atoms with Gasteiger partial charge in [-0.05, 0) is 30.7 Å². The molecule has 0 unspecified atom stereocenters. The van der Waals surface area contributed by atoms with Gasteiger partial charge in [0.15, 0.2) is 0 Å². The molecular weight excluding hydrogens is 191 g/mol. The number of halogens is 3. The van der Waals surface area contributed by atoms with Gasteiger partial charge in [-0.2, -0.15) is 13.2 Å². The zero-order valence-electron chi connectivity index (χ0n) is 7.44. The Bertz CT molecular complexity index is 396. The minimum Gasteiger partial charge on any atom is -0.399 e. The topological polar surface area (TPSA) is 26.0 Å². The zero-order valence-corrected chi connectivity index (χ0v) is 7.44. The molecule has 0 aliphatic rings. The summed E-state index contributed by atoms with van der Waals surface area (Å²) >= 11 is 0. The van der Waals surface area contributed by atoms with E-state index >= 15 is 0 Å². The highest BCUT2D eigenvalue weighted by Gasteiger charge is 2.22. The van der Waals surface area contributed by atoms with Gasteiger partial charge >= 0.3 is 6.18 Å². The molecule has 1 nitrogen and oxygen atoms in total. The van der Waals surface area contributed by atoms with Crippen LogP contribution < -0.4 is 5.73 Å². The maximum Gasteiger partial charge on any atom is 0.458 e. The van der Waals surface area contributed by atoms with Gasteiger partial charge in [0.25, 0.3) is 0 Å². The number of benzene rings is 1. The van der Waals surface area contributed by atoms with Gasteiger partial charge in [0.1, 0.15) is 0 Å². The van der Waals surface area contributed by atoms with Gasteiger partial charge in [-0.15, -0.1) is 0 Å². The second kappa shape index (κ2) is 3.62.